The van der Waals surface area contributed by atoms with E-state index in [9.17, 15) is 4.79 Å². The zero-order chi connectivity index (χ0) is 13.0. The molecule has 0 heterocycles. The molecule has 0 saturated heterocycles. The number of rotatable bonds is 4. The van der Waals surface area contributed by atoms with Gasteiger partial charge in [-0.25, -0.2) is 0 Å². The quantitative estimate of drug-likeness (QED) is 0.678. The molecule has 0 fully saturated rings. The average Bonchev–Trinajstić information content (AvgIpc) is 2.32. The first-order valence-electron chi connectivity index (χ1n) is 5.73. The van der Waals surface area contributed by atoms with Crippen LogP contribution in [0, 0.1) is 3.57 Å². The highest BCUT2D eigenvalue weighted by Crippen LogP contribution is 2.22. The molecule has 0 aliphatic heterocycles. The topological polar surface area (TPSA) is 20.3 Å². The number of carbonyl (C=O) groups excluding carboxylic acids is 1. The van der Waals surface area contributed by atoms with Crippen molar-refractivity contribution in [1.82, 2.24) is 4.90 Å². The van der Waals surface area contributed by atoms with E-state index < -0.39 is 0 Å². The van der Waals surface area contributed by atoms with Crippen LogP contribution in [-0.4, -0.2) is 23.9 Å². The molecule has 0 spiro atoms. The molecule has 1 aromatic rings. The van der Waals surface area contributed by atoms with Gasteiger partial charge in [0.2, 0.25) is 0 Å². The molecule has 1 rings (SSSR count). The van der Waals surface area contributed by atoms with E-state index in [0.717, 1.165) is 26.4 Å². The molecule has 0 aromatic heterocycles. The first kappa shape index (κ1) is 15.0. The maximum Gasteiger partial charge on any atom is 0.255 e. The van der Waals surface area contributed by atoms with E-state index in [1.165, 1.54) is 0 Å². The first-order valence-corrected chi connectivity index (χ1v) is 7.60. The van der Waals surface area contributed by atoms with E-state index >= 15 is 0 Å². The highest BCUT2D eigenvalue weighted by molar-refractivity contribution is 14.1. The molecule has 0 aliphatic carbocycles. The van der Waals surface area contributed by atoms with E-state index in [1.54, 1.807) is 0 Å². The Balaban J connectivity index is 2.99. The van der Waals surface area contributed by atoms with Gasteiger partial charge in [-0.05, 0) is 69.6 Å². The van der Waals surface area contributed by atoms with Crippen LogP contribution in [-0.2, 0) is 0 Å². The van der Waals surface area contributed by atoms with E-state index in [0.29, 0.717) is 6.04 Å². The molecular formula is C13H17BrINO. The van der Waals surface area contributed by atoms with Crippen molar-refractivity contribution in [1.29, 1.82) is 0 Å². The lowest BCUT2D eigenvalue weighted by Crippen LogP contribution is -2.36. The third kappa shape index (κ3) is 3.68. The summed E-state index contributed by atoms with van der Waals surface area (Å²) in [4.78, 5) is 14.2. The highest BCUT2D eigenvalue weighted by Gasteiger charge is 2.20. The van der Waals surface area contributed by atoms with Crippen molar-refractivity contribution in [3.63, 3.8) is 0 Å². The van der Waals surface area contributed by atoms with Crippen molar-refractivity contribution >= 4 is 44.4 Å². The molecule has 0 atom stereocenters. The van der Waals surface area contributed by atoms with E-state index in [-0.39, 0.29) is 5.91 Å². The highest BCUT2D eigenvalue weighted by atomic mass is 127. The van der Waals surface area contributed by atoms with Gasteiger partial charge in [-0.2, -0.15) is 0 Å². The Bertz CT molecular complexity index is 404. The molecule has 0 N–H and O–H groups in total. The van der Waals surface area contributed by atoms with Gasteiger partial charge in [-0.1, -0.05) is 13.8 Å². The van der Waals surface area contributed by atoms with Crippen LogP contribution in [0.2, 0.25) is 0 Å². The summed E-state index contributed by atoms with van der Waals surface area (Å²) in [6, 6.07) is 6.15. The van der Waals surface area contributed by atoms with Crippen LogP contribution in [0.25, 0.3) is 0 Å². The number of amides is 1. The Kier molecular flexibility index (Phi) is 5.92. The molecule has 4 heteroatoms. The van der Waals surface area contributed by atoms with Crippen molar-refractivity contribution in [2.24, 2.45) is 0 Å². The summed E-state index contributed by atoms with van der Waals surface area (Å²) in [6.45, 7) is 4.23. The van der Waals surface area contributed by atoms with Crippen molar-refractivity contribution in [2.75, 3.05) is 7.05 Å². The lowest BCUT2D eigenvalue weighted by atomic mass is 10.1. The Hall–Kier alpha value is -0.100. The summed E-state index contributed by atoms with van der Waals surface area (Å²) in [6.07, 6.45) is 1.97. The zero-order valence-electron chi connectivity index (χ0n) is 10.3. The first-order chi connectivity index (χ1) is 8.01. The molecule has 1 amide bonds. The van der Waals surface area contributed by atoms with Crippen LogP contribution in [0.1, 0.15) is 37.0 Å². The molecule has 0 bridgehead atoms. The van der Waals surface area contributed by atoms with Crippen LogP contribution >= 0.6 is 38.5 Å². The van der Waals surface area contributed by atoms with Gasteiger partial charge in [-0.15, -0.1) is 0 Å². The minimum atomic E-state index is 0.0871. The third-order valence-corrected chi connectivity index (χ3v) is 4.33. The Morgan fingerprint density at radius 3 is 2.53 bits per heavy atom. The fourth-order valence-electron chi connectivity index (χ4n) is 1.85. The van der Waals surface area contributed by atoms with Gasteiger partial charge in [0.05, 0.1) is 5.56 Å². The van der Waals surface area contributed by atoms with Crippen molar-refractivity contribution < 1.29 is 4.79 Å². The van der Waals surface area contributed by atoms with Crippen molar-refractivity contribution in [3.8, 4) is 0 Å². The Morgan fingerprint density at radius 2 is 2.00 bits per heavy atom. The molecule has 94 valence electrons. The van der Waals surface area contributed by atoms with E-state index in [1.807, 2.05) is 30.1 Å². The minimum absolute atomic E-state index is 0.0871. The smallest absolute Gasteiger partial charge is 0.255 e. The van der Waals surface area contributed by atoms with Crippen LogP contribution in [0.4, 0.5) is 0 Å². The molecule has 0 aliphatic rings. The summed E-state index contributed by atoms with van der Waals surface area (Å²) in [5, 5.41) is 0. The molecule has 0 saturated carbocycles. The maximum absolute atomic E-state index is 12.4. The molecule has 0 unspecified atom stereocenters. The fourth-order valence-corrected chi connectivity index (χ4v) is 2.76. The van der Waals surface area contributed by atoms with E-state index in [2.05, 4.69) is 52.4 Å². The van der Waals surface area contributed by atoms with Crippen LogP contribution in [0.5, 0.6) is 0 Å². The largest absolute Gasteiger partial charge is 0.339 e. The van der Waals surface area contributed by atoms with Gasteiger partial charge in [0.25, 0.3) is 5.91 Å². The van der Waals surface area contributed by atoms with Gasteiger partial charge >= 0.3 is 0 Å². The Labute approximate surface area is 125 Å². The number of hydrogen-bond donors (Lipinski definition) is 0. The predicted molar refractivity (Wildman–Crippen MR) is 83.3 cm³/mol. The molecule has 2 nitrogen and oxygen atoms in total. The second-order valence-corrected chi connectivity index (χ2v) is 6.11. The van der Waals surface area contributed by atoms with Crippen molar-refractivity contribution in [2.45, 2.75) is 32.7 Å². The average molecular weight is 410 g/mol. The van der Waals surface area contributed by atoms with Crippen molar-refractivity contribution in [3.05, 3.63) is 31.8 Å². The molecule has 1 aromatic carbocycles. The van der Waals surface area contributed by atoms with E-state index in [4.69, 9.17) is 0 Å². The second kappa shape index (κ2) is 6.73. The fraction of sp³-hybridized carbons (Fsp3) is 0.462. The zero-order valence-corrected chi connectivity index (χ0v) is 14.1. The normalized spacial score (nSPS) is 10.7. The molecular weight excluding hydrogens is 393 g/mol. The van der Waals surface area contributed by atoms with Crippen LogP contribution < -0.4 is 0 Å². The number of benzene rings is 1. The second-order valence-electron chi connectivity index (χ2n) is 4.01. The summed E-state index contributed by atoms with van der Waals surface area (Å²) in [5.74, 6) is 0.0871. The van der Waals surface area contributed by atoms with Gasteiger partial charge in [-0.3, -0.25) is 4.79 Å². The Morgan fingerprint density at radius 1 is 1.41 bits per heavy atom. The third-order valence-electron chi connectivity index (χ3n) is 2.97. The van der Waals surface area contributed by atoms with Gasteiger partial charge in [0.1, 0.15) is 0 Å². The lowest BCUT2D eigenvalue weighted by molar-refractivity contribution is 0.0722. The minimum Gasteiger partial charge on any atom is -0.339 e. The van der Waals surface area contributed by atoms with Gasteiger partial charge in [0.15, 0.2) is 0 Å². The number of halogens is 2. The summed E-state index contributed by atoms with van der Waals surface area (Å²) < 4.78 is 1.94. The predicted octanol–water partition coefficient (Wildman–Crippen LogP) is 4.31. The lowest BCUT2D eigenvalue weighted by Gasteiger charge is -2.26. The van der Waals surface area contributed by atoms with Gasteiger partial charge < -0.3 is 4.90 Å². The summed E-state index contributed by atoms with van der Waals surface area (Å²) in [7, 11) is 1.88. The van der Waals surface area contributed by atoms with Crippen LogP contribution in [0.3, 0.4) is 0 Å². The van der Waals surface area contributed by atoms with Gasteiger partial charge in [0, 0.05) is 21.1 Å². The number of hydrogen-bond acceptors (Lipinski definition) is 1. The summed E-state index contributed by atoms with van der Waals surface area (Å²) >= 11 is 5.66. The molecule has 17 heavy (non-hydrogen) atoms. The summed E-state index contributed by atoms with van der Waals surface area (Å²) in [5.41, 5.74) is 0.742. The SMILES string of the molecule is CCC(CC)N(C)C(=O)c1cc(I)ccc1Br. The number of carbonyl (C=O) groups is 1. The van der Waals surface area contributed by atoms with Crippen LogP contribution in [0.15, 0.2) is 22.7 Å². The molecule has 0 radical (unpaired) electrons. The number of nitrogens with zero attached hydrogens (tertiary/aromatic N) is 1. The maximum atomic E-state index is 12.4. The standard InChI is InChI=1S/C13H17BrINO/c1-4-10(5-2)16(3)13(17)11-8-9(15)6-7-12(11)14/h6-8,10H,4-5H2,1-3H3. The monoisotopic (exact) mass is 409 g/mol.